The van der Waals surface area contributed by atoms with E-state index in [0.29, 0.717) is 12.1 Å². The number of pyridine rings is 1. The molecule has 0 aliphatic carbocycles. The molecule has 0 saturated carbocycles. The molecule has 0 radical (unpaired) electrons. The maximum Gasteiger partial charge on any atom is 0.222 e. The van der Waals surface area contributed by atoms with Crippen molar-refractivity contribution >= 4 is 22.4 Å². The van der Waals surface area contributed by atoms with E-state index in [4.69, 9.17) is 5.11 Å². The molecule has 2 aromatic rings. The second-order valence-corrected chi connectivity index (χ2v) is 6.69. The quantitative estimate of drug-likeness (QED) is 0.892. The van der Waals surface area contributed by atoms with Gasteiger partial charge in [-0.1, -0.05) is 0 Å². The highest BCUT2D eigenvalue weighted by molar-refractivity contribution is 7.13. The maximum absolute atomic E-state index is 12.5. The van der Waals surface area contributed by atoms with Crippen LogP contribution in [-0.4, -0.2) is 52.1 Å². The van der Waals surface area contributed by atoms with Gasteiger partial charge in [0.1, 0.15) is 0 Å². The average molecular weight is 346 g/mol. The van der Waals surface area contributed by atoms with E-state index in [1.165, 1.54) is 0 Å². The van der Waals surface area contributed by atoms with Crippen LogP contribution in [0.3, 0.4) is 0 Å². The van der Waals surface area contributed by atoms with Crippen LogP contribution in [0.25, 0.3) is 0 Å². The summed E-state index contributed by atoms with van der Waals surface area (Å²) in [4.78, 5) is 25.1. The smallest absolute Gasteiger partial charge is 0.222 e. The standard InChI is InChI=1S/C17H22N4O2S/c22-12-15-13-24-17(19-15)21-9-1-8-20(10-11-21)16(23)3-2-14-4-6-18-7-5-14/h4-7,13,22H,1-3,8-12H2. The zero-order valence-corrected chi connectivity index (χ0v) is 14.4. The van der Waals surface area contributed by atoms with Crippen molar-refractivity contribution in [3.63, 3.8) is 0 Å². The number of carbonyl (C=O) groups is 1. The molecule has 1 aliphatic heterocycles. The minimum absolute atomic E-state index is 0.0239. The van der Waals surface area contributed by atoms with Gasteiger partial charge in [0, 0.05) is 50.4 Å². The molecule has 1 fully saturated rings. The Morgan fingerprint density at radius 3 is 2.79 bits per heavy atom. The van der Waals surface area contributed by atoms with Gasteiger partial charge in [-0.2, -0.15) is 0 Å². The number of carbonyl (C=O) groups excluding carboxylic acids is 1. The van der Waals surface area contributed by atoms with E-state index in [-0.39, 0.29) is 12.5 Å². The number of aliphatic hydroxyl groups excluding tert-OH is 1. The SMILES string of the molecule is O=C(CCc1ccncc1)N1CCCN(c2nc(CO)cs2)CC1. The molecular weight excluding hydrogens is 324 g/mol. The van der Waals surface area contributed by atoms with Crippen molar-refractivity contribution in [2.24, 2.45) is 0 Å². The van der Waals surface area contributed by atoms with E-state index in [0.717, 1.165) is 49.7 Å². The summed E-state index contributed by atoms with van der Waals surface area (Å²) in [5.74, 6) is 0.212. The Kier molecular flexibility index (Phi) is 5.77. The van der Waals surface area contributed by atoms with Gasteiger partial charge >= 0.3 is 0 Å². The van der Waals surface area contributed by atoms with Gasteiger partial charge in [-0.15, -0.1) is 11.3 Å². The average Bonchev–Trinajstić information content (AvgIpc) is 2.97. The Morgan fingerprint density at radius 1 is 1.21 bits per heavy atom. The molecule has 1 amide bonds. The molecule has 1 saturated heterocycles. The van der Waals surface area contributed by atoms with Crippen LogP contribution in [0.1, 0.15) is 24.1 Å². The van der Waals surface area contributed by atoms with Crippen LogP contribution in [0.2, 0.25) is 0 Å². The molecule has 1 aliphatic rings. The normalized spacial score (nSPS) is 15.4. The lowest BCUT2D eigenvalue weighted by atomic mass is 10.1. The van der Waals surface area contributed by atoms with Crippen molar-refractivity contribution in [1.82, 2.24) is 14.9 Å². The maximum atomic E-state index is 12.5. The van der Waals surface area contributed by atoms with E-state index >= 15 is 0 Å². The molecule has 7 heteroatoms. The van der Waals surface area contributed by atoms with Gasteiger partial charge < -0.3 is 14.9 Å². The highest BCUT2D eigenvalue weighted by Crippen LogP contribution is 2.22. The van der Waals surface area contributed by atoms with Crippen LogP contribution < -0.4 is 4.90 Å². The minimum Gasteiger partial charge on any atom is -0.390 e. The number of amides is 1. The molecule has 0 atom stereocenters. The van der Waals surface area contributed by atoms with Crippen LogP contribution in [-0.2, 0) is 17.8 Å². The van der Waals surface area contributed by atoms with Crippen LogP contribution in [0.5, 0.6) is 0 Å². The Balaban J connectivity index is 1.52. The third-order valence-electron chi connectivity index (χ3n) is 4.20. The van der Waals surface area contributed by atoms with E-state index in [9.17, 15) is 4.79 Å². The van der Waals surface area contributed by atoms with Crippen molar-refractivity contribution in [3.05, 3.63) is 41.2 Å². The van der Waals surface area contributed by atoms with Crippen molar-refractivity contribution in [3.8, 4) is 0 Å². The molecule has 0 bridgehead atoms. The summed E-state index contributed by atoms with van der Waals surface area (Å²) < 4.78 is 0. The van der Waals surface area contributed by atoms with Gasteiger partial charge in [0.2, 0.25) is 5.91 Å². The lowest BCUT2D eigenvalue weighted by Gasteiger charge is -2.21. The first-order chi connectivity index (χ1) is 11.8. The second-order valence-electron chi connectivity index (χ2n) is 5.86. The number of aromatic nitrogens is 2. The highest BCUT2D eigenvalue weighted by atomic mass is 32.1. The number of aryl methyl sites for hydroxylation is 1. The van der Waals surface area contributed by atoms with Gasteiger partial charge in [0.25, 0.3) is 0 Å². The molecule has 24 heavy (non-hydrogen) atoms. The number of hydrogen-bond acceptors (Lipinski definition) is 6. The lowest BCUT2D eigenvalue weighted by molar-refractivity contribution is -0.130. The second kappa shape index (κ2) is 8.21. The van der Waals surface area contributed by atoms with E-state index in [1.807, 2.05) is 22.4 Å². The first kappa shape index (κ1) is 16.9. The predicted octanol–water partition coefficient (Wildman–Crippen LogP) is 1.70. The molecule has 0 aromatic carbocycles. The highest BCUT2D eigenvalue weighted by Gasteiger charge is 2.20. The molecular formula is C17H22N4O2S. The van der Waals surface area contributed by atoms with Crippen LogP contribution in [0.4, 0.5) is 5.13 Å². The number of rotatable bonds is 5. The van der Waals surface area contributed by atoms with E-state index in [1.54, 1.807) is 23.7 Å². The molecule has 2 aromatic heterocycles. The molecule has 0 unspecified atom stereocenters. The largest absolute Gasteiger partial charge is 0.390 e. The fourth-order valence-corrected chi connectivity index (χ4v) is 3.70. The van der Waals surface area contributed by atoms with Gasteiger partial charge in [0.15, 0.2) is 5.13 Å². The van der Waals surface area contributed by atoms with Crippen LogP contribution in [0.15, 0.2) is 29.9 Å². The molecule has 1 N–H and O–H groups in total. The minimum atomic E-state index is -0.0239. The number of thiazole rings is 1. The van der Waals surface area contributed by atoms with Crippen molar-refractivity contribution in [2.45, 2.75) is 25.9 Å². The fourth-order valence-electron chi connectivity index (χ4n) is 2.83. The molecule has 3 rings (SSSR count). The fraction of sp³-hybridized carbons (Fsp3) is 0.471. The Morgan fingerprint density at radius 2 is 2.04 bits per heavy atom. The zero-order chi connectivity index (χ0) is 16.8. The van der Waals surface area contributed by atoms with Crippen molar-refractivity contribution in [1.29, 1.82) is 0 Å². The van der Waals surface area contributed by atoms with Crippen molar-refractivity contribution < 1.29 is 9.90 Å². The Hall–Kier alpha value is -1.99. The third-order valence-corrected chi connectivity index (χ3v) is 5.15. The van der Waals surface area contributed by atoms with Gasteiger partial charge in [-0.3, -0.25) is 9.78 Å². The molecule has 6 nitrogen and oxygen atoms in total. The van der Waals surface area contributed by atoms with E-state index in [2.05, 4.69) is 14.9 Å². The molecule has 128 valence electrons. The first-order valence-electron chi connectivity index (χ1n) is 8.23. The Bertz CT molecular complexity index is 662. The summed E-state index contributed by atoms with van der Waals surface area (Å²) in [6.45, 7) is 3.18. The number of aliphatic hydroxyl groups is 1. The topological polar surface area (TPSA) is 69.6 Å². The number of nitrogens with zero attached hydrogens (tertiary/aromatic N) is 4. The Labute approximate surface area is 145 Å². The zero-order valence-electron chi connectivity index (χ0n) is 13.6. The molecule has 0 spiro atoms. The van der Waals surface area contributed by atoms with Crippen LogP contribution >= 0.6 is 11.3 Å². The monoisotopic (exact) mass is 346 g/mol. The summed E-state index contributed by atoms with van der Waals surface area (Å²) in [5, 5.41) is 12.0. The van der Waals surface area contributed by atoms with E-state index < -0.39 is 0 Å². The number of anilines is 1. The van der Waals surface area contributed by atoms with Crippen LogP contribution in [0, 0.1) is 0 Å². The number of hydrogen-bond donors (Lipinski definition) is 1. The summed E-state index contributed by atoms with van der Waals surface area (Å²) in [7, 11) is 0. The van der Waals surface area contributed by atoms with Gasteiger partial charge in [-0.25, -0.2) is 4.98 Å². The molecule has 3 heterocycles. The summed E-state index contributed by atoms with van der Waals surface area (Å²) in [6, 6.07) is 3.91. The van der Waals surface area contributed by atoms with Gasteiger partial charge in [0.05, 0.1) is 12.3 Å². The van der Waals surface area contributed by atoms with Gasteiger partial charge in [-0.05, 0) is 30.5 Å². The third kappa shape index (κ3) is 4.30. The predicted molar refractivity (Wildman–Crippen MR) is 94.0 cm³/mol. The summed E-state index contributed by atoms with van der Waals surface area (Å²) in [6.07, 6.45) is 5.76. The lowest BCUT2D eigenvalue weighted by Crippen LogP contribution is -2.35. The van der Waals surface area contributed by atoms with Crippen molar-refractivity contribution in [2.75, 3.05) is 31.1 Å². The summed E-state index contributed by atoms with van der Waals surface area (Å²) in [5.41, 5.74) is 1.86. The first-order valence-corrected chi connectivity index (χ1v) is 9.11. The summed E-state index contributed by atoms with van der Waals surface area (Å²) >= 11 is 1.55.